The van der Waals surface area contributed by atoms with Crippen molar-refractivity contribution >= 4 is 27.7 Å². The average Bonchev–Trinajstić information content (AvgIpc) is 3.03. The van der Waals surface area contributed by atoms with Crippen molar-refractivity contribution in [2.75, 3.05) is 19.3 Å². The van der Waals surface area contributed by atoms with Crippen LogP contribution in [0.1, 0.15) is 36.0 Å². The first-order valence-corrected chi connectivity index (χ1v) is 8.00. The summed E-state index contributed by atoms with van der Waals surface area (Å²) in [4.78, 5) is 18.3. The number of nitrogens with two attached hydrogens (primary N) is 1. The molecule has 0 aromatic carbocycles. The van der Waals surface area contributed by atoms with Gasteiger partial charge in [0.05, 0.1) is 5.56 Å². The molecule has 108 valence electrons. The minimum atomic E-state index is -0.0286. The molecule has 0 saturated heterocycles. The number of hydrogen-bond donors (Lipinski definition) is 1. The Balaban J connectivity index is 1.69. The number of hydrogen-bond acceptors (Lipinski definition) is 3. The fourth-order valence-corrected chi connectivity index (χ4v) is 4.19. The number of rotatable bonds is 3. The third-order valence-corrected chi connectivity index (χ3v) is 5.29. The van der Waals surface area contributed by atoms with Gasteiger partial charge in [-0.1, -0.05) is 6.42 Å². The molecular weight excluding hydrogens is 318 g/mol. The lowest BCUT2D eigenvalue weighted by molar-refractivity contribution is 0.0755. The topological polar surface area (TPSA) is 59.2 Å². The van der Waals surface area contributed by atoms with Crippen molar-refractivity contribution in [3.05, 3.63) is 22.3 Å². The zero-order valence-electron chi connectivity index (χ0n) is 11.7. The van der Waals surface area contributed by atoms with Crippen molar-refractivity contribution in [2.45, 2.75) is 25.7 Å². The summed E-state index contributed by atoms with van der Waals surface area (Å²) in [5, 5.41) is 0. The van der Waals surface area contributed by atoms with Crippen LogP contribution in [0.25, 0.3) is 0 Å². The number of pyridine rings is 1. The molecular formula is C15H20BrN3O. The van der Waals surface area contributed by atoms with Crippen LogP contribution in [0, 0.1) is 17.8 Å². The highest BCUT2D eigenvalue weighted by Crippen LogP contribution is 2.48. The fourth-order valence-electron chi connectivity index (χ4n) is 3.86. The minimum Gasteiger partial charge on any atom is -0.383 e. The molecule has 2 fully saturated rings. The van der Waals surface area contributed by atoms with Crippen LogP contribution >= 0.6 is 15.9 Å². The maximum absolute atomic E-state index is 12.5. The van der Waals surface area contributed by atoms with Crippen molar-refractivity contribution in [1.29, 1.82) is 0 Å². The van der Waals surface area contributed by atoms with E-state index in [0.717, 1.165) is 22.9 Å². The van der Waals surface area contributed by atoms with Gasteiger partial charge < -0.3 is 10.6 Å². The molecule has 3 atom stereocenters. The number of aromatic nitrogens is 1. The summed E-state index contributed by atoms with van der Waals surface area (Å²) in [6.45, 7) is 0.839. The summed E-state index contributed by atoms with van der Waals surface area (Å²) in [7, 11) is 1.87. The smallest absolute Gasteiger partial charge is 0.257 e. The number of anilines is 1. The Bertz CT molecular complexity index is 534. The summed E-state index contributed by atoms with van der Waals surface area (Å²) < 4.78 is 0.781. The first-order chi connectivity index (χ1) is 9.54. The molecule has 0 spiro atoms. The van der Waals surface area contributed by atoms with E-state index >= 15 is 0 Å². The molecule has 0 radical (unpaired) electrons. The third kappa shape index (κ3) is 2.55. The molecule has 1 aromatic rings. The van der Waals surface area contributed by atoms with E-state index in [1.165, 1.54) is 25.7 Å². The molecule has 2 bridgehead atoms. The van der Waals surface area contributed by atoms with Gasteiger partial charge in [-0.05, 0) is 59.0 Å². The number of halogens is 1. The molecule has 2 aliphatic carbocycles. The lowest BCUT2D eigenvalue weighted by Crippen LogP contribution is -2.34. The van der Waals surface area contributed by atoms with Crippen LogP contribution < -0.4 is 5.73 Å². The standard InChI is InChI=1S/C15H20BrN3O/c1-19(8-11-5-9-2-3-10(11)4-9)15(20)13-6-12(16)7-18-14(13)17/h6-7,9-11H,2-5,8H2,1H3,(H2,17,18). The van der Waals surface area contributed by atoms with Crippen molar-refractivity contribution in [3.8, 4) is 0 Å². The molecule has 5 heteroatoms. The zero-order valence-corrected chi connectivity index (χ0v) is 13.3. The van der Waals surface area contributed by atoms with E-state index in [0.29, 0.717) is 17.3 Å². The normalized spacial score (nSPS) is 27.8. The van der Waals surface area contributed by atoms with Crippen LogP contribution in [0.5, 0.6) is 0 Å². The molecule has 0 aliphatic heterocycles. The van der Waals surface area contributed by atoms with Gasteiger partial charge in [0.1, 0.15) is 5.82 Å². The van der Waals surface area contributed by atoms with Crippen molar-refractivity contribution in [2.24, 2.45) is 17.8 Å². The summed E-state index contributed by atoms with van der Waals surface area (Å²) in [5.41, 5.74) is 6.31. The van der Waals surface area contributed by atoms with Crippen LogP contribution in [0.4, 0.5) is 5.82 Å². The van der Waals surface area contributed by atoms with E-state index in [-0.39, 0.29) is 5.91 Å². The quantitative estimate of drug-likeness (QED) is 0.922. The van der Waals surface area contributed by atoms with Gasteiger partial charge in [-0.2, -0.15) is 0 Å². The van der Waals surface area contributed by atoms with E-state index in [1.807, 2.05) is 11.9 Å². The first-order valence-electron chi connectivity index (χ1n) is 7.21. The number of amides is 1. The Morgan fingerprint density at radius 3 is 2.95 bits per heavy atom. The second-order valence-corrected chi connectivity index (χ2v) is 7.12. The highest BCUT2D eigenvalue weighted by atomic mass is 79.9. The van der Waals surface area contributed by atoms with Crippen LogP contribution in [0.2, 0.25) is 0 Å². The van der Waals surface area contributed by atoms with Crippen molar-refractivity contribution < 1.29 is 4.79 Å². The van der Waals surface area contributed by atoms with Crippen molar-refractivity contribution in [3.63, 3.8) is 0 Å². The van der Waals surface area contributed by atoms with E-state index < -0.39 is 0 Å². The maximum Gasteiger partial charge on any atom is 0.257 e. The van der Waals surface area contributed by atoms with Crippen molar-refractivity contribution in [1.82, 2.24) is 9.88 Å². The highest BCUT2D eigenvalue weighted by Gasteiger charge is 2.40. The number of fused-ring (bicyclic) bond motifs is 2. The molecule has 2 saturated carbocycles. The Kier molecular flexibility index (Phi) is 3.71. The fraction of sp³-hybridized carbons (Fsp3) is 0.600. The summed E-state index contributed by atoms with van der Waals surface area (Å²) in [6.07, 6.45) is 7.00. The predicted molar refractivity (Wildman–Crippen MR) is 82.2 cm³/mol. The van der Waals surface area contributed by atoms with Gasteiger partial charge in [0.2, 0.25) is 0 Å². The zero-order chi connectivity index (χ0) is 14.3. The van der Waals surface area contributed by atoms with E-state index in [1.54, 1.807) is 12.3 Å². The number of nitrogens with zero attached hydrogens (tertiary/aromatic N) is 2. The van der Waals surface area contributed by atoms with Gasteiger partial charge in [-0.15, -0.1) is 0 Å². The van der Waals surface area contributed by atoms with Gasteiger partial charge >= 0.3 is 0 Å². The Morgan fingerprint density at radius 1 is 1.50 bits per heavy atom. The predicted octanol–water partition coefficient (Wildman–Crippen LogP) is 2.93. The largest absolute Gasteiger partial charge is 0.383 e. The van der Waals surface area contributed by atoms with Crippen LogP contribution in [-0.4, -0.2) is 29.4 Å². The molecule has 3 unspecified atom stereocenters. The molecule has 1 heterocycles. The van der Waals surface area contributed by atoms with E-state index in [4.69, 9.17) is 5.73 Å². The molecule has 4 nitrogen and oxygen atoms in total. The van der Waals surface area contributed by atoms with Gasteiger partial charge in [-0.3, -0.25) is 4.79 Å². The molecule has 1 amide bonds. The average molecular weight is 338 g/mol. The molecule has 3 rings (SSSR count). The van der Waals surface area contributed by atoms with Gasteiger partial charge in [-0.25, -0.2) is 4.98 Å². The van der Waals surface area contributed by atoms with Crippen LogP contribution in [0.3, 0.4) is 0 Å². The molecule has 1 aromatic heterocycles. The van der Waals surface area contributed by atoms with E-state index in [9.17, 15) is 4.79 Å². The lowest BCUT2D eigenvalue weighted by Gasteiger charge is -2.27. The minimum absolute atomic E-state index is 0.0286. The van der Waals surface area contributed by atoms with Gasteiger partial charge in [0.15, 0.2) is 0 Å². The van der Waals surface area contributed by atoms with Crippen LogP contribution in [0.15, 0.2) is 16.7 Å². The number of nitrogen functional groups attached to an aromatic ring is 1. The van der Waals surface area contributed by atoms with Crippen LogP contribution in [-0.2, 0) is 0 Å². The molecule has 2 N–H and O–H groups in total. The molecule has 2 aliphatic rings. The summed E-state index contributed by atoms with van der Waals surface area (Å²) >= 11 is 3.34. The third-order valence-electron chi connectivity index (χ3n) is 4.86. The lowest BCUT2D eigenvalue weighted by atomic mass is 9.88. The maximum atomic E-state index is 12.5. The first kappa shape index (κ1) is 13.9. The number of carbonyl (C=O) groups excluding carboxylic acids is 1. The highest BCUT2D eigenvalue weighted by molar-refractivity contribution is 9.10. The van der Waals surface area contributed by atoms with E-state index in [2.05, 4.69) is 20.9 Å². The monoisotopic (exact) mass is 337 g/mol. The Morgan fingerprint density at radius 2 is 2.30 bits per heavy atom. The second kappa shape index (κ2) is 5.35. The Hall–Kier alpha value is -1.10. The molecule has 20 heavy (non-hydrogen) atoms. The van der Waals surface area contributed by atoms with Gasteiger partial charge in [0.25, 0.3) is 5.91 Å². The number of carbonyl (C=O) groups is 1. The SMILES string of the molecule is CN(CC1CC2CCC1C2)C(=O)c1cc(Br)cnc1N. The second-order valence-electron chi connectivity index (χ2n) is 6.21. The summed E-state index contributed by atoms with van der Waals surface area (Å²) in [6, 6.07) is 1.75. The van der Waals surface area contributed by atoms with Gasteiger partial charge in [0, 0.05) is 24.3 Å². The summed E-state index contributed by atoms with van der Waals surface area (Å²) in [5.74, 6) is 2.68. The Labute approximate surface area is 127 Å².